The third-order valence-electron chi connectivity index (χ3n) is 3.70. The molecule has 4 nitrogen and oxygen atoms in total. The van der Waals surface area contributed by atoms with Crippen molar-refractivity contribution in [2.24, 2.45) is 0 Å². The van der Waals surface area contributed by atoms with Crippen molar-refractivity contribution >= 4 is 32.9 Å². The molecule has 0 N–H and O–H groups in total. The standard InChI is InChI=1S/C18H21N3OS/c1-4-6-14(7-5-2)16-12-15-17(23-16)18(20-13(3)19-15)21-8-10-22-11-9-21/h4-7,12H,1,8-11H2,2-3H3/b7-5-,14-6+. The third-order valence-corrected chi connectivity index (χ3v) is 4.87. The van der Waals surface area contributed by atoms with Crippen molar-refractivity contribution in [2.75, 3.05) is 31.2 Å². The molecule has 0 saturated carbocycles. The molecule has 3 rings (SSSR count). The van der Waals surface area contributed by atoms with Gasteiger partial charge in [-0.25, -0.2) is 9.97 Å². The van der Waals surface area contributed by atoms with Gasteiger partial charge in [0.25, 0.3) is 0 Å². The lowest BCUT2D eigenvalue weighted by Crippen LogP contribution is -2.36. The Morgan fingerprint density at radius 2 is 2.13 bits per heavy atom. The molecule has 0 amide bonds. The second-order valence-corrected chi connectivity index (χ2v) is 6.43. The average Bonchev–Trinajstić information content (AvgIpc) is 2.98. The molecule has 1 fully saturated rings. The quantitative estimate of drug-likeness (QED) is 0.796. The van der Waals surface area contributed by atoms with Gasteiger partial charge in [-0.3, -0.25) is 0 Å². The first kappa shape index (κ1) is 15.9. The number of nitrogens with zero attached hydrogens (tertiary/aromatic N) is 3. The SMILES string of the molecule is C=C/C=C(\C=C/C)c1cc2nc(C)nc(N3CCOCC3)c2s1. The summed E-state index contributed by atoms with van der Waals surface area (Å²) in [5.74, 6) is 1.84. The first-order valence-electron chi connectivity index (χ1n) is 7.79. The first-order chi connectivity index (χ1) is 11.2. The van der Waals surface area contributed by atoms with Crippen molar-refractivity contribution in [3.63, 3.8) is 0 Å². The number of hydrogen-bond donors (Lipinski definition) is 0. The van der Waals surface area contributed by atoms with Crippen LogP contribution in [0.25, 0.3) is 15.8 Å². The lowest BCUT2D eigenvalue weighted by Gasteiger charge is -2.28. The topological polar surface area (TPSA) is 38.2 Å². The number of aromatic nitrogens is 2. The van der Waals surface area contributed by atoms with E-state index >= 15 is 0 Å². The molecular weight excluding hydrogens is 306 g/mol. The predicted octanol–water partition coefficient (Wildman–Crippen LogP) is 3.98. The lowest BCUT2D eigenvalue weighted by molar-refractivity contribution is 0.122. The summed E-state index contributed by atoms with van der Waals surface area (Å²) in [6.45, 7) is 11.0. The number of hydrogen-bond acceptors (Lipinski definition) is 5. The van der Waals surface area contributed by atoms with Gasteiger partial charge in [0, 0.05) is 18.0 Å². The molecule has 120 valence electrons. The Morgan fingerprint density at radius 1 is 1.35 bits per heavy atom. The van der Waals surface area contributed by atoms with Gasteiger partial charge in [0.15, 0.2) is 5.82 Å². The fourth-order valence-corrected chi connectivity index (χ4v) is 3.81. The summed E-state index contributed by atoms with van der Waals surface area (Å²) in [6, 6.07) is 2.15. The summed E-state index contributed by atoms with van der Waals surface area (Å²) in [5, 5.41) is 0. The van der Waals surface area contributed by atoms with Crippen LogP contribution < -0.4 is 4.90 Å². The van der Waals surface area contributed by atoms with Crippen LogP contribution in [-0.4, -0.2) is 36.3 Å². The maximum Gasteiger partial charge on any atom is 0.150 e. The van der Waals surface area contributed by atoms with Crippen molar-refractivity contribution in [1.29, 1.82) is 0 Å². The summed E-state index contributed by atoms with van der Waals surface area (Å²) in [5.41, 5.74) is 2.16. The highest BCUT2D eigenvalue weighted by molar-refractivity contribution is 7.20. The molecule has 23 heavy (non-hydrogen) atoms. The molecule has 2 aromatic heterocycles. The number of aryl methyl sites for hydroxylation is 1. The molecule has 5 heteroatoms. The van der Waals surface area contributed by atoms with E-state index in [1.165, 1.54) is 4.88 Å². The van der Waals surface area contributed by atoms with Gasteiger partial charge in [0.2, 0.25) is 0 Å². The van der Waals surface area contributed by atoms with Crippen molar-refractivity contribution in [1.82, 2.24) is 9.97 Å². The maximum absolute atomic E-state index is 5.46. The van der Waals surface area contributed by atoms with Gasteiger partial charge in [-0.05, 0) is 25.5 Å². The van der Waals surface area contributed by atoms with E-state index in [4.69, 9.17) is 9.72 Å². The summed E-state index contributed by atoms with van der Waals surface area (Å²) < 4.78 is 6.61. The number of allylic oxidation sites excluding steroid dienone is 5. The van der Waals surface area contributed by atoms with Crippen molar-refractivity contribution in [3.05, 3.63) is 47.7 Å². The maximum atomic E-state index is 5.46. The van der Waals surface area contributed by atoms with Gasteiger partial charge in [-0.15, -0.1) is 11.3 Å². The monoisotopic (exact) mass is 327 g/mol. The van der Waals surface area contributed by atoms with E-state index in [0.717, 1.165) is 53.7 Å². The van der Waals surface area contributed by atoms with Gasteiger partial charge in [-0.1, -0.05) is 30.9 Å². The minimum Gasteiger partial charge on any atom is -0.378 e. The number of anilines is 1. The largest absolute Gasteiger partial charge is 0.378 e. The van der Waals surface area contributed by atoms with Crippen molar-refractivity contribution < 1.29 is 4.74 Å². The molecule has 2 aromatic rings. The van der Waals surface area contributed by atoms with E-state index < -0.39 is 0 Å². The summed E-state index contributed by atoms with van der Waals surface area (Å²) in [7, 11) is 0. The zero-order chi connectivity index (χ0) is 16.2. The van der Waals surface area contributed by atoms with Gasteiger partial charge >= 0.3 is 0 Å². The van der Waals surface area contributed by atoms with Crippen molar-refractivity contribution in [2.45, 2.75) is 13.8 Å². The lowest BCUT2D eigenvalue weighted by atomic mass is 10.2. The molecule has 0 aliphatic carbocycles. The summed E-state index contributed by atoms with van der Waals surface area (Å²) >= 11 is 1.74. The van der Waals surface area contributed by atoms with Crippen LogP contribution in [0.3, 0.4) is 0 Å². The smallest absolute Gasteiger partial charge is 0.150 e. The number of ether oxygens (including phenoxy) is 1. The molecular formula is C18H21N3OS. The van der Waals surface area contributed by atoms with Gasteiger partial charge in [-0.2, -0.15) is 0 Å². The molecule has 0 bridgehead atoms. The fourth-order valence-electron chi connectivity index (χ4n) is 2.69. The molecule has 0 radical (unpaired) electrons. The number of thiophene rings is 1. The molecule has 1 saturated heterocycles. The van der Waals surface area contributed by atoms with Crippen LogP contribution in [-0.2, 0) is 4.74 Å². The normalized spacial score (nSPS) is 16.4. The van der Waals surface area contributed by atoms with Crippen molar-refractivity contribution in [3.8, 4) is 0 Å². The average molecular weight is 327 g/mol. The summed E-state index contributed by atoms with van der Waals surface area (Å²) in [6.07, 6.45) is 7.99. The predicted molar refractivity (Wildman–Crippen MR) is 98.2 cm³/mol. The van der Waals surface area contributed by atoms with Gasteiger partial charge in [0.05, 0.1) is 23.4 Å². The van der Waals surface area contributed by atoms with Crippen LogP contribution in [0.5, 0.6) is 0 Å². The van der Waals surface area contributed by atoms with E-state index in [9.17, 15) is 0 Å². The zero-order valence-electron chi connectivity index (χ0n) is 13.6. The molecule has 3 heterocycles. The Bertz CT molecular complexity index is 770. The van der Waals surface area contributed by atoms with Crippen LogP contribution in [0.2, 0.25) is 0 Å². The highest BCUT2D eigenvalue weighted by Crippen LogP contribution is 2.35. The van der Waals surface area contributed by atoms with Crippen LogP contribution in [0, 0.1) is 6.92 Å². The third kappa shape index (κ3) is 3.35. The molecule has 0 unspecified atom stereocenters. The molecule has 0 aromatic carbocycles. The van der Waals surface area contributed by atoms with Gasteiger partial charge in [0.1, 0.15) is 5.82 Å². The van der Waals surface area contributed by atoms with Crippen LogP contribution in [0.4, 0.5) is 5.82 Å². The molecule has 0 atom stereocenters. The summed E-state index contributed by atoms with van der Waals surface area (Å²) in [4.78, 5) is 12.8. The van der Waals surface area contributed by atoms with Crippen LogP contribution in [0.1, 0.15) is 17.6 Å². The van der Waals surface area contributed by atoms with Crippen LogP contribution >= 0.6 is 11.3 Å². The number of fused-ring (bicyclic) bond motifs is 1. The van der Waals surface area contributed by atoms with E-state index in [2.05, 4.69) is 28.6 Å². The number of rotatable bonds is 4. The van der Waals surface area contributed by atoms with Gasteiger partial charge < -0.3 is 9.64 Å². The Balaban J connectivity index is 2.11. The highest BCUT2D eigenvalue weighted by atomic mass is 32.1. The Labute approximate surface area is 140 Å². The zero-order valence-corrected chi connectivity index (χ0v) is 14.4. The molecule has 1 aliphatic heterocycles. The second kappa shape index (κ2) is 7.06. The minimum absolute atomic E-state index is 0.753. The Morgan fingerprint density at radius 3 is 2.83 bits per heavy atom. The van der Waals surface area contributed by atoms with Crippen LogP contribution in [0.15, 0.2) is 36.9 Å². The Hall–Kier alpha value is -1.98. The fraction of sp³-hybridized carbons (Fsp3) is 0.333. The second-order valence-electron chi connectivity index (χ2n) is 5.38. The van der Waals surface area contributed by atoms with E-state index in [1.807, 2.05) is 32.1 Å². The van der Waals surface area contributed by atoms with E-state index in [1.54, 1.807) is 11.3 Å². The number of morpholine rings is 1. The molecule has 1 aliphatic rings. The van der Waals surface area contributed by atoms with E-state index in [0.29, 0.717) is 0 Å². The minimum atomic E-state index is 0.753. The first-order valence-corrected chi connectivity index (χ1v) is 8.61. The highest BCUT2D eigenvalue weighted by Gasteiger charge is 2.19. The Kier molecular flexibility index (Phi) is 4.88. The van der Waals surface area contributed by atoms with E-state index in [-0.39, 0.29) is 0 Å². The molecule has 0 spiro atoms.